The second-order valence-electron chi connectivity index (χ2n) is 12.5. The first-order valence-corrected chi connectivity index (χ1v) is 20.4. The zero-order chi connectivity index (χ0) is 28.7. The van der Waals surface area contributed by atoms with Gasteiger partial charge in [-0.3, -0.25) is 19.2 Å². The Hall–Kier alpha value is -4.15. The Kier molecular flexibility index (Phi) is 5.66. The predicted octanol–water partition coefficient (Wildman–Crippen LogP) is 5.53. The van der Waals surface area contributed by atoms with Gasteiger partial charge >= 0.3 is 0 Å². The molecule has 0 N–H and O–H groups in total. The molecule has 0 spiro atoms. The van der Waals surface area contributed by atoms with E-state index in [-0.39, 0.29) is 0 Å². The van der Waals surface area contributed by atoms with Gasteiger partial charge in [-0.15, -0.1) is 0 Å². The number of hydrogen-bond donors (Lipinski definition) is 0. The van der Waals surface area contributed by atoms with E-state index < -0.39 is 39.8 Å². The van der Waals surface area contributed by atoms with Crippen molar-refractivity contribution in [1.29, 1.82) is 0 Å². The predicted molar refractivity (Wildman–Crippen MR) is 165 cm³/mol. The van der Waals surface area contributed by atoms with Crippen LogP contribution < -0.4 is 20.2 Å². The first-order chi connectivity index (χ1) is 18.8. The summed E-state index contributed by atoms with van der Waals surface area (Å²) >= 11 is 0. The molecule has 0 atom stereocenters. The molecule has 2 aliphatic heterocycles. The van der Waals surface area contributed by atoms with E-state index in [1.54, 1.807) is 24.3 Å². The fourth-order valence-electron chi connectivity index (χ4n) is 5.92. The quantitative estimate of drug-likeness (QED) is 0.242. The third kappa shape index (κ3) is 3.66. The van der Waals surface area contributed by atoms with Gasteiger partial charge in [-0.1, -0.05) is 75.7 Å². The van der Waals surface area contributed by atoms with Crippen LogP contribution in [-0.4, -0.2) is 39.8 Å². The maximum absolute atomic E-state index is 14.0. The number of hydrogen-bond acceptors (Lipinski definition) is 4. The van der Waals surface area contributed by atoms with Crippen molar-refractivity contribution in [2.75, 3.05) is 9.80 Å². The fourth-order valence-corrected chi connectivity index (χ4v) is 9.04. The van der Waals surface area contributed by atoms with Crippen LogP contribution in [0.25, 0.3) is 10.8 Å². The summed E-state index contributed by atoms with van der Waals surface area (Å²) in [6, 6.07) is 21.6. The van der Waals surface area contributed by atoms with Gasteiger partial charge in [0.2, 0.25) is 0 Å². The number of para-hydroxylation sites is 2. The summed E-state index contributed by atoms with van der Waals surface area (Å²) in [6.07, 6.45) is 0. The Labute approximate surface area is 235 Å². The van der Waals surface area contributed by atoms with Crippen molar-refractivity contribution in [2.45, 2.75) is 39.3 Å². The Balaban J connectivity index is 1.55. The van der Waals surface area contributed by atoms with Gasteiger partial charge in [-0.25, -0.2) is 9.80 Å². The highest BCUT2D eigenvalue weighted by atomic mass is 28.3. The molecular weight excluding hydrogens is 533 g/mol. The van der Waals surface area contributed by atoms with Gasteiger partial charge in [-0.05, 0) is 46.8 Å². The molecular formula is C32H30N2O4Si2. The summed E-state index contributed by atoms with van der Waals surface area (Å²) in [5.74, 6) is -1.78. The van der Waals surface area contributed by atoms with Crippen molar-refractivity contribution in [2.24, 2.45) is 0 Å². The smallest absolute Gasteiger partial charge is 0.265 e. The van der Waals surface area contributed by atoms with Crippen LogP contribution in [0.1, 0.15) is 41.4 Å². The number of carbonyl (C=O) groups excluding carboxylic acids is 4. The number of rotatable bonds is 4. The minimum Gasteiger partial charge on any atom is -0.268 e. The topological polar surface area (TPSA) is 74.8 Å². The average molecular weight is 563 g/mol. The molecule has 0 unspecified atom stereocenters. The first-order valence-electron chi connectivity index (χ1n) is 13.4. The molecule has 0 aromatic heterocycles. The number of nitrogens with zero attached hydrogens (tertiary/aromatic N) is 2. The highest BCUT2D eigenvalue weighted by Crippen LogP contribution is 2.40. The highest BCUT2D eigenvalue weighted by Gasteiger charge is 2.42. The summed E-state index contributed by atoms with van der Waals surface area (Å²) in [7, 11) is -3.81. The lowest BCUT2D eigenvalue weighted by molar-refractivity contribution is 0.0873. The molecule has 0 saturated carbocycles. The summed E-state index contributed by atoms with van der Waals surface area (Å²) in [6.45, 7) is 13.0. The number of imide groups is 2. The SMILES string of the molecule is C[Si](C)(C)c1ccccc1N1C(=O)c2ccc3c4c(ccc(c24)C1=O)C(=O)N(c1ccccc1[Si](C)(C)C)C3=O. The monoisotopic (exact) mass is 562 g/mol. The fraction of sp³-hybridized carbons (Fsp3) is 0.188. The van der Waals surface area contributed by atoms with Crippen LogP contribution in [0.2, 0.25) is 39.3 Å². The van der Waals surface area contributed by atoms with Crippen molar-refractivity contribution in [3.8, 4) is 0 Å². The van der Waals surface area contributed by atoms with Crippen molar-refractivity contribution >= 4 is 72.3 Å². The summed E-state index contributed by atoms with van der Waals surface area (Å²) in [5, 5.41) is 2.78. The van der Waals surface area contributed by atoms with Crippen LogP contribution in [0, 0.1) is 0 Å². The standard InChI is InChI=1S/C32H30N2O4Si2/c1-39(2,3)25-13-9-7-11-23(25)33-29(35)19-15-17-21-28-22(18-16-20(27(19)28)30(33)36)32(38)34(31(21)37)24-12-8-10-14-26(24)40(4,5)6/h7-18H,1-6H3. The van der Waals surface area contributed by atoms with E-state index in [2.05, 4.69) is 39.3 Å². The Bertz CT molecular complexity index is 1610. The Morgan fingerprint density at radius 2 is 0.700 bits per heavy atom. The van der Waals surface area contributed by atoms with E-state index >= 15 is 0 Å². The second kappa shape index (κ2) is 8.68. The van der Waals surface area contributed by atoms with Crippen molar-refractivity contribution < 1.29 is 19.2 Å². The molecule has 0 saturated heterocycles. The third-order valence-corrected chi connectivity index (χ3v) is 11.9. The molecule has 6 nitrogen and oxygen atoms in total. The molecule has 0 fully saturated rings. The number of anilines is 2. The van der Waals surface area contributed by atoms with E-state index in [0.29, 0.717) is 44.4 Å². The van der Waals surface area contributed by atoms with Gasteiger partial charge in [0, 0.05) is 33.0 Å². The Morgan fingerprint density at radius 1 is 0.425 bits per heavy atom. The molecule has 0 aliphatic carbocycles. The molecule has 200 valence electrons. The zero-order valence-corrected chi connectivity index (χ0v) is 25.5. The summed E-state index contributed by atoms with van der Waals surface area (Å²) in [5.41, 5.74) is 2.46. The van der Waals surface area contributed by atoms with Gasteiger partial charge in [0.25, 0.3) is 23.6 Å². The van der Waals surface area contributed by atoms with Crippen molar-refractivity contribution in [1.82, 2.24) is 0 Å². The molecule has 2 heterocycles. The minimum atomic E-state index is -1.90. The summed E-state index contributed by atoms with van der Waals surface area (Å²) in [4.78, 5) is 58.4. The molecule has 4 aromatic carbocycles. The van der Waals surface area contributed by atoms with E-state index in [1.165, 1.54) is 9.80 Å². The largest absolute Gasteiger partial charge is 0.268 e. The van der Waals surface area contributed by atoms with Crippen molar-refractivity contribution in [3.63, 3.8) is 0 Å². The number of benzene rings is 4. The van der Waals surface area contributed by atoms with Crippen LogP contribution in [0.15, 0.2) is 72.8 Å². The average Bonchev–Trinajstić information content (AvgIpc) is 2.90. The number of carbonyl (C=O) groups is 4. The summed E-state index contributed by atoms with van der Waals surface area (Å²) < 4.78 is 0. The first kappa shape index (κ1) is 26.1. The van der Waals surface area contributed by atoms with Gasteiger partial charge in [0.05, 0.1) is 27.5 Å². The second-order valence-corrected chi connectivity index (χ2v) is 22.6. The van der Waals surface area contributed by atoms with Gasteiger partial charge in [-0.2, -0.15) is 0 Å². The molecule has 4 aromatic rings. The van der Waals surface area contributed by atoms with Crippen LogP contribution in [0.3, 0.4) is 0 Å². The Morgan fingerprint density at radius 3 is 0.975 bits per heavy atom. The van der Waals surface area contributed by atoms with Crippen LogP contribution in [0.5, 0.6) is 0 Å². The zero-order valence-electron chi connectivity index (χ0n) is 23.5. The third-order valence-electron chi connectivity index (χ3n) is 7.80. The lowest BCUT2D eigenvalue weighted by atomic mass is 9.85. The van der Waals surface area contributed by atoms with Crippen molar-refractivity contribution in [3.05, 3.63) is 95.1 Å². The minimum absolute atomic E-state index is 0.317. The van der Waals surface area contributed by atoms with Crippen LogP contribution in [0.4, 0.5) is 11.4 Å². The van der Waals surface area contributed by atoms with E-state index in [9.17, 15) is 19.2 Å². The molecule has 0 radical (unpaired) electrons. The molecule has 40 heavy (non-hydrogen) atoms. The van der Waals surface area contributed by atoms with E-state index in [0.717, 1.165) is 10.4 Å². The van der Waals surface area contributed by atoms with Crippen LogP contribution >= 0.6 is 0 Å². The number of amides is 4. The molecule has 0 bridgehead atoms. The lowest BCUT2D eigenvalue weighted by Gasteiger charge is -2.34. The van der Waals surface area contributed by atoms with E-state index in [4.69, 9.17) is 0 Å². The molecule has 6 rings (SSSR count). The highest BCUT2D eigenvalue weighted by molar-refractivity contribution is 6.90. The molecule has 4 amide bonds. The van der Waals surface area contributed by atoms with Crippen LogP contribution in [-0.2, 0) is 0 Å². The normalized spacial score (nSPS) is 15.3. The molecule has 2 aliphatic rings. The van der Waals surface area contributed by atoms with Gasteiger partial charge in [0.1, 0.15) is 0 Å². The van der Waals surface area contributed by atoms with E-state index in [1.807, 2.05) is 48.5 Å². The van der Waals surface area contributed by atoms with Gasteiger partial charge < -0.3 is 0 Å². The van der Waals surface area contributed by atoms with Gasteiger partial charge in [0.15, 0.2) is 0 Å². The maximum Gasteiger partial charge on any atom is 0.265 e. The lowest BCUT2D eigenvalue weighted by Crippen LogP contribution is -2.49. The maximum atomic E-state index is 14.0. The molecule has 8 heteroatoms.